The maximum Gasteiger partial charge on any atom is 0.191 e. The van der Waals surface area contributed by atoms with Gasteiger partial charge in [0.25, 0.3) is 0 Å². The minimum Gasteiger partial charge on any atom is -0.379 e. The second-order valence-corrected chi connectivity index (χ2v) is 7.81. The lowest BCUT2D eigenvalue weighted by Crippen LogP contribution is -2.45. The number of hydrogen-bond donors (Lipinski definition) is 2. The van der Waals surface area contributed by atoms with Crippen molar-refractivity contribution in [3.63, 3.8) is 0 Å². The zero-order chi connectivity index (χ0) is 16.4. The third-order valence-electron chi connectivity index (χ3n) is 3.77. The third-order valence-corrected chi connectivity index (χ3v) is 4.68. The number of likely N-dealkylation sites (tertiary alicyclic amines) is 1. The van der Waals surface area contributed by atoms with Gasteiger partial charge in [0, 0.05) is 32.4 Å². The summed E-state index contributed by atoms with van der Waals surface area (Å²) in [4.78, 5) is 6.66. The van der Waals surface area contributed by atoms with E-state index < -0.39 is 9.84 Å². The molecule has 0 aromatic carbocycles. The normalized spacial score (nSPS) is 19.4. The number of nitrogens with one attached hydrogen (secondary N) is 2. The van der Waals surface area contributed by atoms with Crippen LogP contribution in [0.2, 0.25) is 0 Å². The van der Waals surface area contributed by atoms with Gasteiger partial charge in [0.15, 0.2) is 5.96 Å². The van der Waals surface area contributed by atoms with Crippen LogP contribution < -0.4 is 10.6 Å². The molecule has 0 saturated carbocycles. The molecule has 0 amide bonds. The average Bonchev–Trinajstić information content (AvgIpc) is 2.92. The van der Waals surface area contributed by atoms with Crippen LogP contribution in [0.4, 0.5) is 0 Å². The lowest BCUT2D eigenvalue weighted by Gasteiger charge is -2.23. The Morgan fingerprint density at radius 2 is 2.09 bits per heavy atom. The lowest BCUT2D eigenvalue weighted by atomic mass is 10.2. The van der Waals surface area contributed by atoms with Crippen LogP contribution in [0.5, 0.6) is 0 Å². The van der Waals surface area contributed by atoms with Crippen LogP contribution in [0.3, 0.4) is 0 Å². The first-order valence-electron chi connectivity index (χ1n) is 7.90. The Bertz CT molecular complexity index is 445. The predicted octanol–water partition coefficient (Wildman–Crippen LogP) is 0.315. The fraction of sp³-hybridized carbons (Fsp3) is 0.929. The second-order valence-electron chi connectivity index (χ2n) is 5.55. The summed E-state index contributed by atoms with van der Waals surface area (Å²) in [6.07, 6.45) is 3.70. The number of guanidine groups is 1. The Morgan fingerprint density at radius 3 is 2.70 bits per heavy atom. The van der Waals surface area contributed by atoms with Gasteiger partial charge in [-0.05, 0) is 25.9 Å². The molecule has 1 fully saturated rings. The standard InChI is InChI=1S/C14H30N4O3S.HI/c1-4-18-8-5-6-13(18)12-17-14(15-2)16-7-9-21-10-11-22(3,19)20;/h13H,4-12H2,1-3H3,(H2,15,16,17);1H. The minimum atomic E-state index is -2.94. The third kappa shape index (κ3) is 10.4. The van der Waals surface area contributed by atoms with Crippen LogP contribution in [0.1, 0.15) is 19.8 Å². The molecule has 1 aliphatic rings. The van der Waals surface area contributed by atoms with Crippen molar-refractivity contribution in [2.24, 2.45) is 4.99 Å². The summed E-state index contributed by atoms with van der Waals surface area (Å²) < 4.78 is 27.2. The van der Waals surface area contributed by atoms with E-state index in [0.29, 0.717) is 19.2 Å². The topological polar surface area (TPSA) is 83.0 Å². The molecule has 1 unspecified atom stereocenters. The van der Waals surface area contributed by atoms with Crippen molar-refractivity contribution in [1.29, 1.82) is 0 Å². The molecular formula is C14H31IN4O3S. The molecule has 0 aromatic rings. The molecule has 0 aromatic heterocycles. The Morgan fingerprint density at radius 1 is 1.35 bits per heavy atom. The van der Waals surface area contributed by atoms with Crippen molar-refractivity contribution in [3.8, 4) is 0 Å². The summed E-state index contributed by atoms with van der Waals surface area (Å²) in [5.74, 6) is 0.823. The van der Waals surface area contributed by atoms with Gasteiger partial charge in [-0.25, -0.2) is 8.42 Å². The van der Waals surface area contributed by atoms with E-state index in [4.69, 9.17) is 4.74 Å². The molecule has 0 bridgehead atoms. The number of halogens is 1. The highest BCUT2D eigenvalue weighted by atomic mass is 127. The van der Waals surface area contributed by atoms with Gasteiger partial charge in [-0.1, -0.05) is 6.92 Å². The summed E-state index contributed by atoms with van der Waals surface area (Å²) in [6, 6.07) is 0.578. The van der Waals surface area contributed by atoms with Crippen LogP contribution in [-0.4, -0.2) is 83.8 Å². The Labute approximate surface area is 157 Å². The van der Waals surface area contributed by atoms with E-state index in [0.717, 1.165) is 19.0 Å². The average molecular weight is 462 g/mol. The molecule has 1 atom stereocenters. The molecule has 1 rings (SSSR count). The number of nitrogens with zero attached hydrogens (tertiary/aromatic N) is 2. The molecule has 23 heavy (non-hydrogen) atoms. The second kappa shape index (κ2) is 12.3. The molecule has 1 aliphatic heterocycles. The monoisotopic (exact) mass is 462 g/mol. The molecule has 0 spiro atoms. The fourth-order valence-corrected chi connectivity index (χ4v) is 2.95. The van der Waals surface area contributed by atoms with Crippen molar-refractivity contribution in [2.75, 3.05) is 58.4 Å². The summed E-state index contributed by atoms with van der Waals surface area (Å²) in [6.45, 7) is 6.66. The number of hydrogen-bond acceptors (Lipinski definition) is 5. The molecule has 138 valence electrons. The predicted molar refractivity (Wildman–Crippen MR) is 106 cm³/mol. The summed E-state index contributed by atoms with van der Waals surface area (Å²) in [5.41, 5.74) is 0. The first-order valence-corrected chi connectivity index (χ1v) is 9.96. The van der Waals surface area contributed by atoms with E-state index in [1.807, 2.05) is 0 Å². The number of rotatable bonds is 9. The van der Waals surface area contributed by atoms with E-state index >= 15 is 0 Å². The summed E-state index contributed by atoms with van der Waals surface area (Å²) >= 11 is 0. The fourth-order valence-electron chi connectivity index (χ4n) is 2.53. The lowest BCUT2D eigenvalue weighted by molar-refractivity contribution is 0.154. The molecular weight excluding hydrogens is 431 g/mol. The summed E-state index contributed by atoms with van der Waals surface area (Å²) in [7, 11) is -1.20. The van der Waals surface area contributed by atoms with E-state index in [9.17, 15) is 8.42 Å². The Balaban J connectivity index is 0.00000484. The van der Waals surface area contributed by atoms with Gasteiger partial charge >= 0.3 is 0 Å². The first-order chi connectivity index (χ1) is 10.5. The van der Waals surface area contributed by atoms with Crippen molar-refractivity contribution < 1.29 is 13.2 Å². The van der Waals surface area contributed by atoms with Crippen LogP contribution in [0.25, 0.3) is 0 Å². The quantitative estimate of drug-likeness (QED) is 0.222. The molecule has 7 nitrogen and oxygen atoms in total. The molecule has 1 heterocycles. The van der Waals surface area contributed by atoms with Gasteiger partial charge in [-0.2, -0.15) is 0 Å². The molecule has 0 radical (unpaired) electrons. The number of aliphatic imine (C=N–C) groups is 1. The van der Waals surface area contributed by atoms with Crippen molar-refractivity contribution in [3.05, 3.63) is 0 Å². The maximum absolute atomic E-state index is 11.0. The van der Waals surface area contributed by atoms with Crippen molar-refractivity contribution >= 4 is 39.8 Å². The number of sulfone groups is 1. The number of ether oxygens (including phenoxy) is 1. The molecule has 1 saturated heterocycles. The smallest absolute Gasteiger partial charge is 0.191 e. The maximum atomic E-state index is 11.0. The van der Waals surface area contributed by atoms with E-state index in [1.54, 1.807) is 7.05 Å². The van der Waals surface area contributed by atoms with Crippen LogP contribution in [0.15, 0.2) is 4.99 Å². The highest BCUT2D eigenvalue weighted by molar-refractivity contribution is 14.0. The van der Waals surface area contributed by atoms with E-state index in [2.05, 4.69) is 27.4 Å². The largest absolute Gasteiger partial charge is 0.379 e. The highest BCUT2D eigenvalue weighted by Crippen LogP contribution is 2.15. The van der Waals surface area contributed by atoms with Gasteiger partial charge in [0.05, 0.1) is 19.0 Å². The minimum absolute atomic E-state index is 0. The van der Waals surface area contributed by atoms with Crippen molar-refractivity contribution in [2.45, 2.75) is 25.8 Å². The van der Waals surface area contributed by atoms with Crippen LogP contribution in [-0.2, 0) is 14.6 Å². The Kier molecular flexibility index (Phi) is 12.2. The summed E-state index contributed by atoms with van der Waals surface area (Å²) in [5, 5.41) is 6.51. The van der Waals surface area contributed by atoms with Gasteiger partial charge in [-0.15, -0.1) is 24.0 Å². The SMILES string of the molecule is CCN1CCCC1CNC(=NC)NCCOCCS(C)(=O)=O.I. The molecule has 2 N–H and O–H groups in total. The van der Waals surface area contributed by atoms with E-state index in [-0.39, 0.29) is 36.3 Å². The highest BCUT2D eigenvalue weighted by Gasteiger charge is 2.22. The first kappa shape index (κ1) is 22.9. The van der Waals surface area contributed by atoms with Crippen molar-refractivity contribution in [1.82, 2.24) is 15.5 Å². The zero-order valence-corrected chi connectivity index (χ0v) is 17.5. The van der Waals surface area contributed by atoms with Gasteiger partial charge in [-0.3, -0.25) is 9.89 Å². The van der Waals surface area contributed by atoms with Gasteiger partial charge in [0.1, 0.15) is 9.84 Å². The van der Waals surface area contributed by atoms with Gasteiger partial charge in [0.2, 0.25) is 0 Å². The Hall–Kier alpha value is -0.130. The van der Waals surface area contributed by atoms with E-state index in [1.165, 1.54) is 25.6 Å². The zero-order valence-electron chi connectivity index (χ0n) is 14.4. The molecule has 0 aliphatic carbocycles. The van der Waals surface area contributed by atoms with Crippen LogP contribution >= 0.6 is 24.0 Å². The molecule has 9 heteroatoms. The van der Waals surface area contributed by atoms with Crippen LogP contribution in [0, 0.1) is 0 Å². The number of likely N-dealkylation sites (N-methyl/N-ethyl adjacent to an activating group) is 1. The van der Waals surface area contributed by atoms with Gasteiger partial charge < -0.3 is 15.4 Å².